The predicted molar refractivity (Wildman–Crippen MR) is 221 cm³/mol. The number of amides is 2. The Morgan fingerprint density at radius 3 is 2.05 bits per heavy atom. The molecule has 2 aliphatic heterocycles. The van der Waals surface area contributed by atoms with E-state index >= 15 is 0 Å². The van der Waals surface area contributed by atoms with Gasteiger partial charge in [-0.1, -0.05) is 108 Å². The maximum atomic E-state index is 13.9. The maximum absolute atomic E-state index is 13.9. The fourth-order valence-corrected chi connectivity index (χ4v) is 9.11. The predicted octanol–water partition coefficient (Wildman–Crippen LogP) is 6.68. The number of esters is 1. The number of alkyl halides is 1. The Morgan fingerprint density at radius 1 is 0.897 bits per heavy atom. The second-order valence-corrected chi connectivity index (χ2v) is 15.1. The van der Waals surface area contributed by atoms with Gasteiger partial charge in [0.25, 0.3) is 11.8 Å². The molecule has 0 bridgehead atoms. The van der Waals surface area contributed by atoms with Gasteiger partial charge in [0.15, 0.2) is 10.8 Å². The molecular formula is C42H36ClN5O8S2. The first-order chi connectivity index (χ1) is 28.3. The van der Waals surface area contributed by atoms with Crippen LogP contribution in [0.5, 0.6) is 5.75 Å². The highest BCUT2D eigenvalue weighted by atomic mass is 35.5. The summed E-state index contributed by atoms with van der Waals surface area (Å²) in [5.74, 6) is -1.67. The summed E-state index contributed by atoms with van der Waals surface area (Å²) in [4.78, 5) is 64.3. The lowest BCUT2D eigenvalue weighted by molar-refractivity contribution is -0.151. The molecule has 16 heteroatoms. The molecule has 5 aromatic rings. The van der Waals surface area contributed by atoms with Crippen molar-refractivity contribution in [2.24, 2.45) is 5.16 Å². The molecule has 2 N–H and O–H groups in total. The molecule has 2 unspecified atom stereocenters. The average molecular weight is 838 g/mol. The van der Waals surface area contributed by atoms with Crippen molar-refractivity contribution in [1.29, 1.82) is 0 Å². The number of hydrogen-bond donors (Lipinski definition) is 2. The topological polar surface area (TPSA) is 158 Å². The van der Waals surface area contributed by atoms with E-state index in [2.05, 4.69) is 15.8 Å². The zero-order chi connectivity index (χ0) is 40.6. The van der Waals surface area contributed by atoms with Crippen LogP contribution in [0.2, 0.25) is 0 Å². The number of nitrogens with one attached hydrogen (secondary N) is 2. The number of methoxy groups -OCH3 is 1. The van der Waals surface area contributed by atoms with Gasteiger partial charge in [0, 0.05) is 17.0 Å². The van der Waals surface area contributed by atoms with Crippen LogP contribution in [0.25, 0.3) is 0 Å². The van der Waals surface area contributed by atoms with E-state index in [-0.39, 0.29) is 35.3 Å². The number of thiazole rings is 1. The average Bonchev–Trinajstić information content (AvgIpc) is 3.74. The molecule has 7 rings (SSSR count). The van der Waals surface area contributed by atoms with Crippen molar-refractivity contribution in [3.63, 3.8) is 0 Å². The third-order valence-corrected chi connectivity index (χ3v) is 11.9. The summed E-state index contributed by atoms with van der Waals surface area (Å²) in [6, 6.07) is 35.7. The lowest BCUT2D eigenvalue weighted by atomic mass is 9.77. The number of rotatable bonds is 14. The molecule has 1 saturated heterocycles. The minimum absolute atomic E-state index is 0.100. The van der Waals surface area contributed by atoms with Crippen molar-refractivity contribution in [1.82, 2.24) is 15.2 Å². The SMILES string of the molecule is CO/N=C(\C(=O)NC1C(=O)N2C(C(=O)OC(=O)OCc3ccc(OC)cc3)=C(CCl)CSC12)c1csc(NC(c2ccccc2)(c2ccccc2)c2ccccc2)n1. The minimum atomic E-state index is -1.25. The normalized spacial score (nSPS) is 16.4. The Bertz CT molecular complexity index is 2250. The lowest BCUT2D eigenvalue weighted by Gasteiger charge is -2.49. The van der Waals surface area contributed by atoms with Crippen LogP contribution in [0.4, 0.5) is 9.93 Å². The number of β-lactam (4-membered cyclic amide) rings is 1. The second kappa shape index (κ2) is 18.0. The number of hydrogen-bond acceptors (Lipinski definition) is 13. The fraction of sp³-hybridized carbons (Fsp3) is 0.190. The number of benzene rings is 4. The maximum Gasteiger partial charge on any atom is 0.516 e. The Kier molecular flexibility index (Phi) is 12.4. The van der Waals surface area contributed by atoms with E-state index < -0.39 is 40.9 Å². The molecule has 4 aromatic carbocycles. The third-order valence-electron chi connectivity index (χ3n) is 9.44. The van der Waals surface area contributed by atoms with Gasteiger partial charge in [0.05, 0.1) is 7.11 Å². The standard InChI is InChI=1S/C42H36ClN5O8S2/c1-53-31-20-18-26(19-21-31)23-55-41(52)56-39(51)35-27(22-43)24-57-38-34(37(50)48(35)38)45-36(49)33(47-54-2)32-25-58-40(44-32)46-42(28-12-6-3-7-13-28,29-14-8-4-9-15-29)30-16-10-5-11-17-30/h3-21,25,34,38H,22-24H2,1-2H3,(H,44,46)(H,45,49)/b47-33-. The van der Waals surface area contributed by atoms with Gasteiger partial charge < -0.3 is 29.7 Å². The lowest BCUT2D eigenvalue weighted by Crippen LogP contribution is -2.71. The molecule has 0 saturated carbocycles. The highest BCUT2D eigenvalue weighted by molar-refractivity contribution is 8.00. The van der Waals surface area contributed by atoms with Gasteiger partial charge >= 0.3 is 12.1 Å². The third kappa shape index (κ3) is 8.14. The quantitative estimate of drug-likeness (QED) is 0.0234. The first-order valence-corrected chi connectivity index (χ1v) is 20.3. The van der Waals surface area contributed by atoms with Crippen LogP contribution in [-0.2, 0) is 40.8 Å². The summed E-state index contributed by atoms with van der Waals surface area (Å²) in [5, 5.41) is 11.9. The number of carbonyl (C=O) groups is 4. The first-order valence-electron chi connectivity index (χ1n) is 17.8. The molecule has 3 heterocycles. The molecule has 58 heavy (non-hydrogen) atoms. The number of anilines is 1. The van der Waals surface area contributed by atoms with Crippen LogP contribution < -0.4 is 15.4 Å². The zero-order valence-electron chi connectivity index (χ0n) is 31.1. The highest BCUT2D eigenvalue weighted by Crippen LogP contribution is 2.42. The van der Waals surface area contributed by atoms with Crippen LogP contribution in [-0.4, -0.2) is 76.8 Å². The second-order valence-electron chi connectivity index (χ2n) is 12.9. The number of thioether (sulfide) groups is 1. The molecule has 13 nitrogen and oxygen atoms in total. The van der Waals surface area contributed by atoms with Gasteiger partial charge in [-0.25, -0.2) is 14.6 Å². The van der Waals surface area contributed by atoms with Gasteiger partial charge in [-0.15, -0.1) is 34.7 Å². The van der Waals surface area contributed by atoms with E-state index in [1.54, 1.807) is 29.6 Å². The largest absolute Gasteiger partial charge is 0.516 e. The Balaban J connectivity index is 1.07. The fourth-order valence-electron chi connectivity index (χ4n) is 6.68. The molecule has 0 aliphatic carbocycles. The minimum Gasteiger partial charge on any atom is -0.497 e. The number of aromatic nitrogens is 1. The summed E-state index contributed by atoms with van der Waals surface area (Å²) in [7, 11) is 2.83. The number of ether oxygens (including phenoxy) is 3. The summed E-state index contributed by atoms with van der Waals surface area (Å²) in [5.41, 5.74) is 2.91. The van der Waals surface area contributed by atoms with Crippen molar-refractivity contribution in [3.8, 4) is 5.75 Å². The van der Waals surface area contributed by atoms with Gasteiger partial charge in [0.1, 0.15) is 47.8 Å². The van der Waals surface area contributed by atoms with Crippen molar-refractivity contribution in [2.45, 2.75) is 23.6 Å². The molecule has 1 aromatic heterocycles. The molecule has 0 radical (unpaired) electrons. The van der Waals surface area contributed by atoms with E-state index in [4.69, 9.17) is 35.6 Å². The number of carbonyl (C=O) groups excluding carboxylic acids is 4. The van der Waals surface area contributed by atoms with Crippen molar-refractivity contribution >= 4 is 69.5 Å². The molecular weight excluding hydrogens is 802 g/mol. The van der Waals surface area contributed by atoms with Crippen LogP contribution >= 0.6 is 34.7 Å². The van der Waals surface area contributed by atoms with Crippen LogP contribution in [0.1, 0.15) is 27.9 Å². The Morgan fingerprint density at radius 2 is 1.50 bits per heavy atom. The molecule has 0 spiro atoms. The summed E-state index contributed by atoms with van der Waals surface area (Å²) in [6.07, 6.45) is -1.25. The number of oxime groups is 1. The van der Waals surface area contributed by atoms with E-state index in [0.29, 0.717) is 22.0 Å². The number of fused-ring (bicyclic) bond motifs is 1. The Hall–Kier alpha value is -6.16. The first kappa shape index (κ1) is 40.1. The number of nitrogens with zero attached hydrogens (tertiary/aromatic N) is 3. The van der Waals surface area contributed by atoms with Crippen LogP contribution in [0.3, 0.4) is 0 Å². The van der Waals surface area contributed by atoms with Gasteiger partial charge in [-0.05, 0) is 40.0 Å². The zero-order valence-corrected chi connectivity index (χ0v) is 33.5. The van der Waals surface area contributed by atoms with Crippen molar-refractivity contribution in [2.75, 3.05) is 31.2 Å². The highest BCUT2D eigenvalue weighted by Gasteiger charge is 2.55. The summed E-state index contributed by atoms with van der Waals surface area (Å²) in [6.45, 7) is -0.164. The van der Waals surface area contributed by atoms with Crippen molar-refractivity contribution < 1.29 is 38.2 Å². The van der Waals surface area contributed by atoms with E-state index in [1.165, 1.54) is 42.2 Å². The Labute approximate surface area is 347 Å². The van der Waals surface area contributed by atoms with Gasteiger partial charge in [0.2, 0.25) is 0 Å². The van der Waals surface area contributed by atoms with Gasteiger partial charge in [-0.3, -0.25) is 14.5 Å². The molecule has 296 valence electrons. The summed E-state index contributed by atoms with van der Waals surface area (Å²) >= 11 is 8.73. The monoisotopic (exact) mass is 837 g/mol. The van der Waals surface area contributed by atoms with E-state index in [1.807, 2.05) is 91.0 Å². The van der Waals surface area contributed by atoms with E-state index in [9.17, 15) is 19.2 Å². The summed E-state index contributed by atoms with van der Waals surface area (Å²) < 4.78 is 15.2. The molecule has 2 aliphatic rings. The molecule has 2 amide bonds. The van der Waals surface area contributed by atoms with E-state index in [0.717, 1.165) is 16.7 Å². The molecule has 2 atom stereocenters. The van der Waals surface area contributed by atoms with Gasteiger partial charge in [-0.2, -0.15) is 0 Å². The van der Waals surface area contributed by atoms with Crippen LogP contribution in [0, 0.1) is 0 Å². The van der Waals surface area contributed by atoms with Crippen LogP contribution in [0.15, 0.2) is 137 Å². The molecule has 1 fully saturated rings. The van der Waals surface area contributed by atoms with Crippen molar-refractivity contribution in [3.05, 3.63) is 160 Å². The smallest absolute Gasteiger partial charge is 0.497 e. The number of halogens is 1.